The topological polar surface area (TPSA) is 96.5 Å². The van der Waals surface area contributed by atoms with E-state index in [2.05, 4.69) is 16.0 Å². The van der Waals surface area contributed by atoms with Crippen molar-refractivity contribution in [1.82, 2.24) is 5.32 Å². The molecule has 0 saturated carbocycles. The van der Waals surface area contributed by atoms with Crippen LogP contribution >= 0.6 is 11.8 Å². The molecule has 214 valence electrons. The molecule has 3 amide bonds. The van der Waals surface area contributed by atoms with Crippen LogP contribution in [0.2, 0.25) is 0 Å². The zero-order chi connectivity index (χ0) is 29.9. The molecule has 4 rings (SSSR count). The first-order valence-corrected chi connectivity index (χ1v) is 14.5. The fourth-order valence-corrected chi connectivity index (χ4v) is 4.77. The highest BCUT2D eigenvalue weighted by atomic mass is 32.2. The smallest absolute Gasteiger partial charge is 0.272 e. The summed E-state index contributed by atoms with van der Waals surface area (Å²) in [6.45, 7) is 6.36. The second-order valence-electron chi connectivity index (χ2n) is 9.47. The highest BCUT2D eigenvalue weighted by Gasteiger charge is 2.16. The molecule has 0 heterocycles. The van der Waals surface area contributed by atoms with Crippen LogP contribution in [0.5, 0.6) is 5.75 Å². The molecular formula is C34H33N3O4S. The van der Waals surface area contributed by atoms with Crippen molar-refractivity contribution < 1.29 is 19.1 Å². The molecule has 0 bridgehead atoms. The Morgan fingerprint density at radius 3 is 2.29 bits per heavy atom. The first-order chi connectivity index (χ1) is 20.3. The molecular weight excluding hydrogens is 546 g/mol. The summed E-state index contributed by atoms with van der Waals surface area (Å²) in [6, 6.07) is 29.0. The third-order valence-electron chi connectivity index (χ3n) is 6.30. The number of carbonyl (C=O) groups is 3. The van der Waals surface area contributed by atoms with E-state index >= 15 is 0 Å². The first kappa shape index (κ1) is 30.1. The average molecular weight is 580 g/mol. The SMILES string of the molecule is CCOc1ccccc1/C=C(/NC(=O)c1ccccc1)C(=O)Nc1cccc(SCC(=O)Nc2ccc(C)c(C)c2)c1. The van der Waals surface area contributed by atoms with Gasteiger partial charge < -0.3 is 20.7 Å². The van der Waals surface area contributed by atoms with Gasteiger partial charge in [0.2, 0.25) is 5.91 Å². The van der Waals surface area contributed by atoms with E-state index < -0.39 is 11.8 Å². The quantitative estimate of drug-likeness (QED) is 0.134. The van der Waals surface area contributed by atoms with E-state index in [4.69, 9.17) is 4.74 Å². The molecule has 0 unspecified atom stereocenters. The summed E-state index contributed by atoms with van der Waals surface area (Å²) in [7, 11) is 0. The molecule has 42 heavy (non-hydrogen) atoms. The second kappa shape index (κ2) is 14.7. The van der Waals surface area contributed by atoms with Gasteiger partial charge in [0.05, 0.1) is 12.4 Å². The molecule has 4 aromatic carbocycles. The Morgan fingerprint density at radius 2 is 1.52 bits per heavy atom. The van der Waals surface area contributed by atoms with Crippen molar-refractivity contribution in [3.63, 3.8) is 0 Å². The Hall–Kier alpha value is -4.82. The van der Waals surface area contributed by atoms with Crippen LogP contribution in [0.15, 0.2) is 108 Å². The highest BCUT2D eigenvalue weighted by molar-refractivity contribution is 8.00. The number of anilines is 2. The van der Waals surface area contributed by atoms with Gasteiger partial charge in [0.25, 0.3) is 11.8 Å². The zero-order valence-corrected chi connectivity index (χ0v) is 24.6. The molecule has 3 N–H and O–H groups in total. The lowest BCUT2D eigenvalue weighted by molar-refractivity contribution is -0.114. The van der Waals surface area contributed by atoms with Gasteiger partial charge in [0, 0.05) is 27.4 Å². The van der Waals surface area contributed by atoms with E-state index in [1.54, 1.807) is 54.6 Å². The Morgan fingerprint density at radius 1 is 0.786 bits per heavy atom. The molecule has 0 radical (unpaired) electrons. The number of ether oxygens (including phenoxy) is 1. The monoisotopic (exact) mass is 579 g/mol. The van der Waals surface area contributed by atoms with E-state index in [9.17, 15) is 14.4 Å². The van der Waals surface area contributed by atoms with Gasteiger partial charge in [0.1, 0.15) is 11.4 Å². The maximum absolute atomic E-state index is 13.5. The molecule has 7 nitrogen and oxygen atoms in total. The van der Waals surface area contributed by atoms with Crippen LogP contribution in [0.4, 0.5) is 11.4 Å². The summed E-state index contributed by atoms with van der Waals surface area (Å²) < 4.78 is 5.71. The number of nitrogens with one attached hydrogen (secondary N) is 3. The first-order valence-electron chi connectivity index (χ1n) is 13.5. The Balaban J connectivity index is 1.48. The number of thioether (sulfide) groups is 1. The highest BCUT2D eigenvalue weighted by Crippen LogP contribution is 2.24. The minimum Gasteiger partial charge on any atom is -0.493 e. The molecule has 0 aliphatic rings. The van der Waals surface area contributed by atoms with Gasteiger partial charge in [-0.2, -0.15) is 0 Å². The second-order valence-corrected chi connectivity index (χ2v) is 10.5. The maximum atomic E-state index is 13.5. The standard InChI is InChI=1S/C34H33N3O4S/c1-4-41-31-16-9-8-13-26(31)20-30(37-33(39)25-11-6-5-7-12-25)34(40)36-27-14-10-15-29(21-27)42-22-32(38)35-28-18-17-23(2)24(3)19-28/h5-21H,4,22H2,1-3H3,(H,35,38)(H,36,40)(H,37,39)/b30-20+. The average Bonchev–Trinajstić information content (AvgIpc) is 2.99. The van der Waals surface area contributed by atoms with E-state index in [0.717, 1.165) is 21.7 Å². The number of benzene rings is 4. The lowest BCUT2D eigenvalue weighted by Gasteiger charge is -2.13. The van der Waals surface area contributed by atoms with Crippen LogP contribution in [0, 0.1) is 13.8 Å². The van der Waals surface area contributed by atoms with Crippen LogP contribution in [0.3, 0.4) is 0 Å². The van der Waals surface area contributed by atoms with Crippen LogP contribution in [-0.2, 0) is 9.59 Å². The third kappa shape index (κ3) is 8.59. The largest absolute Gasteiger partial charge is 0.493 e. The maximum Gasteiger partial charge on any atom is 0.272 e. The number of hydrogen-bond donors (Lipinski definition) is 3. The Kier molecular flexibility index (Phi) is 10.6. The van der Waals surface area contributed by atoms with Gasteiger partial charge in [-0.1, -0.05) is 48.5 Å². The molecule has 0 aromatic heterocycles. The van der Waals surface area contributed by atoms with Crippen molar-refractivity contribution in [3.8, 4) is 5.75 Å². The summed E-state index contributed by atoms with van der Waals surface area (Å²) in [5.74, 6) is -0.238. The fraction of sp³-hybridized carbons (Fsp3) is 0.147. The van der Waals surface area contributed by atoms with Crippen molar-refractivity contribution in [3.05, 3.63) is 125 Å². The van der Waals surface area contributed by atoms with E-state index in [1.807, 2.05) is 69.3 Å². The summed E-state index contributed by atoms with van der Waals surface area (Å²) in [4.78, 5) is 39.8. The van der Waals surface area contributed by atoms with E-state index in [0.29, 0.717) is 29.2 Å². The predicted octanol–water partition coefficient (Wildman–Crippen LogP) is 6.84. The lowest BCUT2D eigenvalue weighted by atomic mass is 10.1. The predicted molar refractivity (Wildman–Crippen MR) is 170 cm³/mol. The minimum absolute atomic E-state index is 0.0573. The number of para-hydroxylation sites is 1. The molecule has 0 spiro atoms. The van der Waals surface area contributed by atoms with Crippen LogP contribution < -0.4 is 20.7 Å². The normalized spacial score (nSPS) is 11.0. The molecule has 4 aromatic rings. The van der Waals surface area contributed by atoms with Crippen LogP contribution in [0.1, 0.15) is 34.0 Å². The van der Waals surface area contributed by atoms with Crippen molar-refractivity contribution in [2.24, 2.45) is 0 Å². The fourth-order valence-electron chi connectivity index (χ4n) is 4.01. The van der Waals surface area contributed by atoms with Gasteiger partial charge in [-0.3, -0.25) is 14.4 Å². The Labute approximate surface area is 250 Å². The van der Waals surface area contributed by atoms with Gasteiger partial charge >= 0.3 is 0 Å². The van der Waals surface area contributed by atoms with Gasteiger partial charge in [-0.25, -0.2) is 0 Å². The summed E-state index contributed by atoms with van der Waals surface area (Å²) in [6.07, 6.45) is 1.59. The number of hydrogen-bond acceptors (Lipinski definition) is 5. The van der Waals surface area contributed by atoms with Crippen molar-refractivity contribution in [1.29, 1.82) is 0 Å². The molecule has 0 saturated heterocycles. The number of rotatable bonds is 11. The molecule has 0 aliphatic carbocycles. The van der Waals surface area contributed by atoms with E-state index in [1.165, 1.54) is 11.8 Å². The van der Waals surface area contributed by atoms with Crippen molar-refractivity contribution >= 4 is 46.9 Å². The molecule has 0 fully saturated rings. The lowest BCUT2D eigenvalue weighted by Crippen LogP contribution is -2.30. The van der Waals surface area contributed by atoms with Gasteiger partial charge in [-0.05, 0) is 86.5 Å². The Bertz CT molecular complexity index is 1600. The summed E-state index contributed by atoms with van der Waals surface area (Å²) in [5.41, 5.74) is 4.69. The van der Waals surface area contributed by atoms with Crippen LogP contribution in [-0.4, -0.2) is 30.1 Å². The van der Waals surface area contributed by atoms with E-state index in [-0.39, 0.29) is 17.4 Å². The number of aryl methyl sites for hydroxylation is 2. The van der Waals surface area contributed by atoms with Gasteiger partial charge in [0.15, 0.2) is 0 Å². The summed E-state index contributed by atoms with van der Waals surface area (Å²) >= 11 is 1.36. The van der Waals surface area contributed by atoms with Gasteiger partial charge in [-0.15, -0.1) is 11.8 Å². The molecule has 0 atom stereocenters. The molecule has 8 heteroatoms. The number of amides is 3. The van der Waals surface area contributed by atoms with Crippen molar-refractivity contribution in [2.75, 3.05) is 23.0 Å². The van der Waals surface area contributed by atoms with Crippen molar-refractivity contribution in [2.45, 2.75) is 25.7 Å². The van der Waals surface area contributed by atoms with Crippen LogP contribution in [0.25, 0.3) is 6.08 Å². The molecule has 0 aliphatic heterocycles. The third-order valence-corrected chi connectivity index (χ3v) is 7.29. The number of carbonyl (C=O) groups excluding carboxylic acids is 3. The minimum atomic E-state index is -0.500. The summed E-state index contributed by atoms with van der Waals surface area (Å²) in [5, 5.41) is 8.55. The zero-order valence-electron chi connectivity index (χ0n) is 23.8.